The van der Waals surface area contributed by atoms with E-state index in [0.717, 1.165) is 42.3 Å². The van der Waals surface area contributed by atoms with Crippen molar-refractivity contribution in [2.24, 2.45) is 5.92 Å². The van der Waals surface area contributed by atoms with E-state index >= 15 is 0 Å². The van der Waals surface area contributed by atoms with E-state index in [4.69, 9.17) is 4.74 Å². The minimum Gasteiger partial charge on any atom is -0.427 e. The number of likely N-dealkylation sites (tertiary alicyclic amines) is 1. The van der Waals surface area contributed by atoms with E-state index in [1.54, 1.807) is 6.07 Å². The molecule has 3 aromatic carbocycles. The smallest absolute Gasteiger partial charge is 0.308 e. The number of ether oxygens (including phenoxy) is 1. The largest absolute Gasteiger partial charge is 0.427 e. The molecule has 1 aliphatic heterocycles. The minimum absolute atomic E-state index is 0.0317. The summed E-state index contributed by atoms with van der Waals surface area (Å²) in [5.41, 5.74) is 1.40. The van der Waals surface area contributed by atoms with Gasteiger partial charge in [0.05, 0.1) is 6.10 Å². The number of nitrogens with zero attached hydrogens (tertiary/aromatic N) is 2. The fourth-order valence-corrected chi connectivity index (χ4v) is 6.37. The van der Waals surface area contributed by atoms with Crippen molar-refractivity contribution in [3.8, 4) is 5.75 Å². The molecule has 5 rings (SSSR count). The van der Waals surface area contributed by atoms with Crippen LogP contribution in [0.5, 0.6) is 5.75 Å². The van der Waals surface area contributed by atoms with E-state index in [1.807, 2.05) is 66.5 Å². The van der Waals surface area contributed by atoms with Crippen molar-refractivity contribution >= 4 is 22.6 Å². The topological polar surface area (TPSA) is 70.1 Å². The van der Waals surface area contributed by atoms with Gasteiger partial charge < -0.3 is 19.6 Å². The summed E-state index contributed by atoms with van der Waals surface area (Å²) in [7, 11) is 3.95. The van der Waals surface area contributed by atoms with Gasteiger partial charge in [0.1, 0.15) is 5.75 Å². The lowest BCUT2D eigenvalue weighted by Crippen LogP contribution is -2.60. The van der Waals surface area contributed by atoms with E-state index < -0.39 is 6.10 Å². The van der Waals surface area contributed by atoms with Crippen molar-refractivity contribution in [2.45, 2.75) is 43.7 Å². The summed E-state index contributed by atoms with van der Waals surface area (Å²) in [6, 6.07) is 21.5. The van der Waals surface area contributed by atoms with Crippen LogP contribution in [0.25, 0.3) is 10.8 Å². The molecule has 4 unspecified atom stereocenters. The highest BCUT2D eigenvalue weighted by atomic mass is 16.5. The fraction of sp³-hybridized carbons (Fsp3) is 0.400. The zero-order valence-corrected chi connectivity index (χ0v) is 21.2. The Balaban J connectivity index is 1.48. The molecule has 1 saturated carbocycles. The molecule has 1 amide bonds. The molecule has 6 nitrogen and oxygen atoms in total. The number of piperidine rings is 1. The van der Waals surface area contributed by atoms with Crippen LogP contribution in [0.1, 0.15) is 42.1 Å². The average Bonchev–Trinajstić information content (AvgIpc) is 2.87. The third kappa shape index (κ3) is 4.51. The molecule has 6 heteroatoms. The van der Waals surface area contributed by atoms with Crippen LogP contribution in [0, 0.1) is 5.92 Å². The molecule has 2 fully saturated rings. The third-order valence-electron chi connectivity index (χ3n) is 8.27. The predicted octanol–water partition coefficient (Wildman–Crippen LogP) is 4.25. The number of hydrogen-bond acceptors (Lipinski definition) is 5. The second-order valence-electron chi connectivity index (χ2n) is 10.5. The number of rotatable bonds is 4. The molecule has 36 heavy (non-hydrogen) atoms. The van der Waals surface area contributed by atoms with Gasteiger partial charge in [0, 0.05) is 43.5 Å². The van der Waals surface area contributed by atoms with Crippen LogP contribution in [0.4, 0.5) is 0 Å². The zero-order chi connectivity index (χ0) is 25.4. The molecule has 0 spiro atoms. The van der Waals surface area contributed by atoms with Crippen LogP contribution in [0.3, 0.4) is 0 Å². The molecule has 188 valence electrons. The first-order valence-corrected chi connectivity index (χ1v) is 12.7. The van der Waals surface area contributed by atoms with Gasteiger partial charge in [-0.2, -0.15) is 0 Å². The summed E-state index contributed by atoms with van der Waals surface area (Å²) in [5.74, 6) is 0.161. The number of aliphatic hydroxyl groups excluding tert-OH is 1. The number of fused-ring (bicyclic) bond motifs is 2. The van der Waals surface area contributed by atoms with Gasteiger partial charge >= 0.3 is 5.97 Å². The minimum atomic E-state index is -0.546. The van der Waals surface area contributed by atoms with Gasteiger partial charge in [0.25, 0.3) is 5.91 Å². The summed E-state index contributed by atoms with van der Waals surface area (Å²) < 4.78 is 5.40. The van der Waals surface area contributed by atoms with Crippen LogP contribution < -0.4 is 4.74 Å². The van der Waals surface area contributed by atoms with Crippen LogP contribution in [0.15, 0.2) is 66.7 Å². The maximum Gasteiger partial charge on any atom is 0.308 e. The maximum absolute atomic E-state index is 13.6. The van der Waals surface area contributed by atoms with Crippen molar-refractivity contribution in [2.75, 3.05) is 27.2 Å². The molecule has 1 aliphatic carbocycles. The van der Waals surface area contributed by atoms with Crippen molar-refractivity contribution < 1.29 is 19.4 Å². The molecule has 4 atom stereocenters. The van der Waals surface area contributed by atoms with Gasteiger partial charge in [0.15, 0.2) is 0 Å². The van der Waals surface area contributed by atoms with Crippen LogP contribution >= 0.6 is 0 Å². The predicted molar refractivity (Wildman–Crippen MR) is 140 cm³/mol. The Hall–Kier alpha value is -3.22. The summed E-state index contributed by atoms with van der Waals surface area (Å²) in [6.07, 6.45) is 1.61. The van der Waals surface area contributed by atoms with Crippen LogP contribution in [0.2, 0.25) is 0 Å². The first-order chi connectivity index (χ1) is 17.3. The molecule has 0 bridgehead atoms. The maximum atomic E-state index is 13.6. The summed E-state index contributed by atoms with van der Waals surface area (Å²) >= 11 is 0. The van der Waals surface area contributed by atoms with E-state index in [-0.39, 0.29) is 29.3 Å². The van der Waals surface area contributed by atoms with Crippen LogP contribution in [-0.4, -0.2) is 66.1 Å². The van der Waals surface area contributed by atoms with E-state index in [2.05, 4.69) is 18.0 Å². The third-order valence-corrected chi connectivity index (χ3v) is 8.27. The highest BCUT2D eigenvalue weighted by Gasteiger charge is 2.52. The number of esters is 1. The Bertz CT molecular complexity index is 1290. The molecule has 1 N–H and O–H groups in total. The normalized spacial score (nSPS) is 26.3. The highest BCUT2D eigenvalue weighted by Crippen LogP contribution is 2.50. The summed E-state index contributed by atoms with van der Waals surface area (Å²) in [6.45, 7) is 3.08. The Morgan fingerprint density at radius 2 is 1.83 bits per heavy atom. The van der Waals surface area contributed by atoms with Crippen molar-refractivity contribution in [3.63, 3.8) is 0 Å². The van der Waals surface area contributed by atoms with E-state index in [9.17, 15) is 14.7 Å². The highest BCUT2D eigenvalue weighted by molar-refractivity contribution is 5.98. The number of carbonyl (C=O) groups excluding carboxylic acids is 2. The quantitative estimate of drug-likeness (QED) is 0.441. The standard InChI is InChI=1S/C30H34N2O4/c1-20(33)36-26-10-6-9-24(16-26)30-13-14-31(2)19-27(30)28(34)17-25(18-30)32(3)29(35)23-12-11-21-7-4-5-8-22(21)15-23/h4-12,15-16,25,27-28,34H,13-14,17-19H2,1-3H3. The molecule has 1 saturated heterocycles. The second-order valence-corrected chi connectivity index (χ2v) is 10.5. The number of aliphatic hydroxyl groups is 1. The van der Waals surface area contributed by atoms with Crippen molar-refractivity contribution in [3.05, 3.63) is 77.9 Å². The molecule has 3 aromatic rings. The van der Waals surface area contributed by atoms with Gasteiger partial charge in [-0.05, 0) is 73.5 Å². The Labute approximate surface area is 212 Å². The lowest BCUT2D eigenvalue weighted by atomic mass is 9.57. The van der Waals surface area contributed by atoms with Crippen molar-refractivity contribution in [1.82, 2.24) is 9.80 Å². The van der Waals surface area contributed by atoms with Gasteiger partial charge in [-0.25, -0.2) is 0 Å². The number of benzene rings is 3. The zero-order valence-electron chi connectivity index (χ0n) is 21.2. The van der Waals surface area contributed by atoms with Crippen LogP contribution in [-0.2, 0) is 10.2 Å². The lowest BCUT2D eigenvalue weighted by molar-refractivity contribution is -0.131. The van der Waals surface area contributed by atoms with Crippen molar-refractivity contribution in [1.29, 1.82) is 0 Å². The Morgan fingerprint density at radius 3 is 2.61 bits per heavy atom. The molecule has 0 aromatic heterocycles. The first-order valence-electron chi connectivity index (χ1n) is 12.7. The SMILES string of the molecule is CC(=O)Oc1cccc(C23CCN(C)CC2C(O)CC(N(C)C(=O)c2ccc4ccccc4c2)C3)c1. The summed E-state index contributed by atoms with van der Waals surface area (Å²) in [4.78, 5) is 29.3. The number of hydrogen-bond donors (Lipinski definition) is 1. The molecular formula is C30H34N2O4. The molecule has 1 heterocycles. The van der Waals surface area contributed by atoms with Gasteiger partial charge in [0.2, 0.25) is 0 Å². The summed E-state index contributed by atoms with van der Waals surface area (Å²) in [5, 5.41) is 13.6. The first kappa shape index (κ1) is 24.5. The molecule has 2 aliphatic rings. The van der Waals surface area contributed by atoms with E-state index in [0.29, 0.717) is 17.7 Å². The molecular weight excluding hydrogens is 452 g/mol. The Morgan fingerprint density at radius 1 is 1.06 bits per heavy atom. The fourth-order valence-electron chi connectivity index (χ4n) is 6.37. The van der Waals surface area contributed by atoms with E-state index in [1.165, 1.54) is 6.92 Å². The second kappa shape index (κ2) is 9.68. The Kier molecular flexibility index (Phi) is 6.58. The lowest BCUT2D eigenvalue weighted by Gasteiger charge is -2.55. The van der Waals surface area contributed by atoms with Gasteiger partial charge in [-0.1, -0.05) is 42.5 Å². The average molecular weight is 487 g/mol. The van der Waals surface area contributed by atoms with Gasteiger partial charge in [-0.15, -0.1) is 0 Å². The number of carbonyl (C=O) groups is 2. The van der Waals surface area contributed by atoms with Gasteiger partial charge in [-0.3, -0.25) is 9.59 Å². The monoisotopic (exact) mass is 486 g/mol. The molecule has 0 radical (unpaired) electrons. The number of amides is 1.